The average molecular weight is 165 g/mol. The molecule has 1 aromatic heterocycles. The minimum absolute atomic E-state index is 0.739. The molecule has 0 unspecified atom stereocenters. The molecule has 0 aliphatic heterocycles. The largest absolute Gasteiger partial charge is 0.443 e. The number of fused-ring (bicyclic) bond motifs is 1. The fourth-order valence-corrected chi connectivity index (χ4v) is 1.20. The number of rotatable bonds is 1. The third-order valence-corrected chi connectivity index (χ3v) is 1.94. The highest BCUT2D eigenvalue weighted by Crippen LogP contribution is 2.14. The van der Waals surface area contributed by atoms with Crippen molar-refractivity contribution in [2.24, 2.45) is 0 Å². The van der Waals surface area contributed by atoms with E-state index in [0.29, 0.717) is 0 Å². The summed E-state index contributed by atoms with van der Waals surface area (Å²) in [6.07, 6.45) is 1.45. The van der Waals surface area contributed by atoms with Crippen LogP contribution >= 0.6 is 12.6 Å². The predicted octanol–water partition coefficient (Wildman–Crippen LogP) is 2.26. The lowest BCUT2D eigenvalue weighted by molar-refractivity contribution is 0.602. The molecule has 2 nitrogen and oxygen atoms in total. The van der Waals surface area contributed by atoms with Gasteiger partial charge in [0.1, 0.15) is 5.52 Å². The average Bonchev–Trinajstić information content (AvgIpc) is 2.50. The van der Waals surface area contributed by atoms with Gasteiger partial charge in [-0.1, -0.05) is 6.07 Å². The summed E-state index contributed by atoms with van der Waals surface area (Å²) >= 11 is 4.16. The minimum Gasteiger partial charge on any atom is -0.443 e. The molecule has 0 N–H and O–H groups in total. The number of aromatic nitrogens is 1. The van der Waals surface area contributed by atoms with Gasteiger partial charge in [-0.05, 0) is 17.7 Å². The molecule has 0 radical (unpaired) electrons. The van der Waals surface area contributed by atoms with Crippen LogP contribution < -0.4 is 0 Å². The molecule has 0 spiro atoms. The van der Waals surface area contributed by atoms with Crippen molar-refractivity contribution in [1.29, 1.82) is 0 Å². The van der Waals surface area contributed by atoms with Crippen LogP contribution in [-0.4, -0.2) is 4.98 Å². The SMILES string of the molecule is SCc1ccc2ocnc2c1. The van der Waals surface area contributed by atoms with E-state index >= 15 is 0 Å². The number of oxazole rings is 1. The number of hydrogen-bond donors (Lipinski definition) is 1. The molecule has 0 saturated heterocycles. The molecule has 3 heteroatoms. The molecule has 0 aliphatic rings. The maximum Gasteiger partial charge on any atom is 0.181 e. The molecule has 56 valence electrons. The summed E-state index contributed by atoms with van der Waals surface area (Å²) in [5.74, 6) is 0.739. The van der Waals surface area contributed by atoms with E-state index in [9.17, 15) is 0 Å². The Labute approximate surface area is 69.6 Å². The van der Waals surface area contributed by atoms with Gasteiger partial charge in [0, 0.05) is 5.75 Å². The Kier molecular flexibility index (Phi) is 1.58. The third-order valence-electron chi connectivity index (χ3n) is 1.58. The molecular formula is C8H7NOS. The van der Waals surface area contributed by atoms with Gasteiger partial charge < -0.3 is 4.42 Å². The van der Waals surface area contributed by atoms with E-state index in [0.717, 1.165) is 22.4 Å². The first-order chi connectivity index (χ1) is 5.40. The van der Waals surface area contributed by atoms with Crippen molar-refractivity contribution < 1.29 is 4.42 Å². The monoisotopic (exact) mass is 165 g/mol. The maximum atomic E-state index is 5.08. The van der Waals surface area contributed by atoms with Crippen LogP contribution in [0.25, 0.3) is 11.1 Å². The van der Waals surface area contributed by atoms with E-state index in [1.165, 1.54) is 6.39 Å². The molecule has 2 aromatic rings. The van der Waals surface area contributed by atoms with Gasteiger partial charge in [0.25, 0.3) is 0 Å². The van der Waals surface area contributed by atoms with Crippen LogP contribution in [0.3, 0.4) is 0 Å². The summed E-state index contributed by atoms with van der Waals surface area (Å²) in [5.41, 5.74) is 2.89. The zero-order valence-corrected chi connectivity index (χ0v) is 6.71. The molecule has 1 heterocycles. The van der Waals surface area contributed by atoms with Crippen LogP contribution in [0.1, 0.15) is 5.56 Å². The van der Waals surface area contributed by atoms with Gasteiger partial charge in [-0.25, -0.2) is 4.98 Å². The lowest BCUT2D eigenvalue weighted by atomic mass is 10.2. The lowest BCUT2D eigenvalue weighted by Gasteiger charge is -1.92. The first-order valence-electron chi connectivity index (χ1n) is 3.33. The fourth-order valence-electron chi connectivity index (χ4n) is 1.00. The van der Waals surface area contributed by atoms with Gasteiger partial charge in [-0.15, -0.1) is 0 Å². The Morgan fingerprint density at radius 2 is 2.36 bits per heavy atom. The van der Waals surface area contributed by atoms with Crippen molar-refractivity contribution in [2.75, 3.05) is 0 Å². The topological polar surface area (TPSA) is 26.0 Å². The molecule has 0 aliphatic carbocycles. The first kappa shape index (κ1) is 6.73. The number of benzene rings is 1. The lowest BCUT2D eigenvalue weighted by Crippen LogP contribution is -1.75. The quantitative estimate of drug-likeness (QED) is 0.656. The summed E-state index contributed by atoms with van der Waals surface area (Å²) in [7, 11) is 0. The summed E-state index contributed by atoms with van der Waals surface area (Å²) in [4.78, 5) is 4.03. The van der Waals surface area contributed by atoms with Crippen molar-refractivity contribution in [3.63, 3.8) is 0 Å². The van der Waals surface area contributed by atoms with Crippen molar-refractivity contribution in [3.8, 4) is 0 Å². The van der Waals surface area contributed by atoms with Crippen LogP contribution in [0.15, 0.2) is 29.0 Å². The summed E-state index contributed by atoms with van der Waals surface area (Å²) in [5, 5.41) is 0. The molecule has 2 rings (SSSR count). The van der Waals surface area contributed by atoms with Gasteiger partial charge in [-0.2, -0.15) is 12.6 Å². The normalized spacial score (nSPS) is 10.6. The Bertz CT molecular complexity index is 369. The number of thiol groups is 1. The molecule has 0 saturated carbocycles. The second kappa shape index (κ2) is 2.58. The third kappa shape index (κ3) is 1.12. The first-order valence-corrected chi connectivity index (χ1v) is 3.96. The van der Waals surface area contributed by atoms with Crippen LogP contribution in [0.5, 0.6) is 0 Å². The number of hydrogen-bond acceptors (Lipinski definition) is 3. The van der Waals surface area contributed by atoms with E-state index in [4.69, 9.17) is 4.42 Å². The van der Waals surface area contributed by atoms with Crippen molar-refractivity contribution in [2.45, 2.75) is 5.75 Å². The molecule has 0 fully saturated rings. The second-order valence-corrected chi connectivity index (χ2v) is 2.63. The minimum atomic E-state index is 0.739. The van der Waals surface area contributed by atoms with E-state index in [-0.39, 0.29) is 0 Å². The van der Waals surface area contributed by atoms with Crippen LogP contribution in [0.2, 0.25) is 0 Å². The van der Waals surface area contributed by atoms with Crippen LogP contribution in [-0.2, 0) is 5.75 Å². The smallest absolute Gasteiger partial charge is 0.181 e. The highest BCUT2D eigenvalue weighted by Gasteiger charge is 1.97. The zero-order chi connectivity index (χ0) is 7.68. The van der Waals surface area contributed by atoms with Crippen LogP contribution in [0.4, 0.5) is 0 Å². The predicted molar refractivity (Wildman–Crippen MR) is 46.7 cm³/mol. The van der Waals surface area contributed by atoms with Gasteiger partial charge in [0.15, 0.2) is 12.0 Å². The fraction of sp³-hybridized carbons (Fsp3) is 0.125. The van der Waals surface area contributed by atoms with Crippen LogP contribution in [0, 0.1) is 0 Å². The Morgan fingerprint density at radius 1 is 1.45 bits per heavy atom. The van der Waals surface area contributed by atoms with Crippen molar-refractivity contribution in [3.05, 3.63) is 30.2 Å². The molecule has 1 aromatic carbocycles. The second-order valence-electron chi connectivity index (χ2n) is 2.31. The number of nitrogens with zero attached hydrogens (tertiary/aromatic N) is 1. The van der Waals surface area contributed by atoms with Gasteiger partial charge in [0.2, 0.25) is 0 Å². The Morgan fingerprint density at radius 3 is 3.18 bits per heavy atom. The maximum absolute atomic E-state index is 5.08. The van der Waals surface area contributed by atoms with Gasteiger partial charge >= 0.3 is 0 Å². The highest BCUT2D eigenvalue weighted by atomic mass is 32.1. The molecule has 11 heavy (non-hydrogen) atoms. The van der Waals surface area contributed by atoms with Crippen molar-refractivity contribution in [1.82, 2.24) is 4.98 Å². The summed E-state index contributed by atoms with van der Waals surface area (Å²) < 4.78 is 5.08. The Balaban J connectivity index is 2.67. The summed E-state index contributed by atoms with van der Waals surface area (Å²) in [6.45, 7) is 0. The van der Waals surface area contributed by atoms with E-state index < -0.39 is 0 Å². The molecule has 0 atom stereocenters. The van der Waals surface area contributed by atoms with Gasteiger partial charge in [-0.3, -0.25) is 0 Å². The Hall–Kier alpha value is -0.960. The zero-order valence-electron chi connectivity index (χ0n) is 5.82. The standard InChI is InChI=1S/C8H7NOS/c11-4-6-1-2-8-7(3-6)9-5-10-8/h1-3,5,11H,4H2. The van der Waals surface area contributed by atoms with Crippen molar-refractivity contribution >= 4 is 23.7 Å². The molecule has 0 amide bonds. The van der Waals surface area contributed by atoms with E-state index in [1.807, 2.05) is 18.2 Å². The van der Waals surface area contributed by atoms with Gasteiger partial charge in [0.05, 0.1) is 0 Å². The molecule has 0 bridgehead atoms. The molecular weight excluding hydrogens is 158 g/mol. The summed E-state index contributed by atoms with van der Waals surface area (Å²) in [6, 6.07) is 5.88. The van der Waals surface area contributed by atoms with E-state index in [2.05, 4.69) is 17.6 Å². The van der Waals surface area contributed by atoms with E-state index in [1.54, 1.807) is 0 Å². The highest BCUT2D eigenvalue weighted by molar-refractivity contribution is 7.79.